The third kappa shape index (κ3) is 9.70. The first kappa shape index (κ1) is 40.3. The van der Waals surface area contributed by atoms with Gasteiger partial charge in [-0.1, -0.05) is 23.2 Å². The number of hydrogen-bond acceptors (Lipinski definition) is 15. The van der Waals surface area contributed by atoms with Crippen LogP contribution in [0, 0.1) is 20.8 Å². The van der Waals surface area contributed by atoms with Gasteiger partial charge >= 0.3 is 0 Å². The number of rotatable bonds is 13. The van der Waals surface area contributed by atoms with Crippen molar-refractivity contribution in [2.45, 2.75) is 30.6 Å². The maximum Gasteiger partial charge on any atom is 0.296 e. The fourth-order valence-electron chi connectivity index (χ4n) is 5.48. The summed E-state index contributed by atoms with van der Waals surface area (Å²) >= 11 is 0.601. The lowest BCUT2D eigenvalue weighted by Crippen LogP contribution is -2.11. The number of aryl methyl sites for hydroxylation is 3. The van der Waals surface area contributed by atoms with Crippen LogP contribution in [-0.4, -0.2) is 36.4 Å². The maximum absolute atomic E-state index is 12.7. The molecule has 18 heteroatoms. The lowest BCUT2D eigenvalue weighted by atomic mass is 10.1. The average Bonchev–Trinajstić information content (AvgIpc) is 3.19. The number of phenols is 1. The number of anilines is 1. The first-order valence-corrected chi connectivity index (χ1v) is 19.0. The molecule has 0 aliphatic carbocycles. The summed E-state index contributed by atoms with van der Waals surface area (Å²) in [7, 11) is -3.21. The van der Waals surface area contributed by atoms with Gasteiger partial charge < -0.3 is 15.2 Å². The van der Waals surface area contributed by atoms with Crippen LogP contribution in [0.15, 0.2) is 144 Å². The molecular weight excluding hydrogens is 775 g/mol. The lowest BCUT2D eigenvalue weighted by Gasteiger charge is -2.11. The monoisotopic (exact) mass is 807 g/mol. The summed E-state index contributed by atoms with van der Waals surface area (Å²) in [6.45, 7) is 5.43. The largest absolute Gasteiger partial charge is 0.505 e. The highest BCUT2D eigenvalue weighted by Gasteiger charge is 2.18. The quantitative estimate of drug-likeness (QED) is 0.0284. The summed E-state index contributed by atoms with van der Waals surface area (Å²) in [4.78, 5) is 12.5. The van der Waals surface area contributed by atoms with Gasteiger partial charge in [-0.2, -0.15) is 28.9 Å². The molecule has 0 aliphatic rings. The van der Waals surface area contributed by atoms with Crippen LogP contribution < -0.4 is 10.1 Å². The Labute approximate surface area is 330 Å². The predicted molar refractivity (Wildman–Crippen MR) is 213 cm³/mol. The molecule has 6 aromatic carbocycles. The maximum atomic E-state index is 12.7. The summed E-state index contributed by atoms with van der Waals surface area (Å²) in [6, 6.07) is 28.0. The smallest absolute Gasteiger partial charge is 0.296 e. The van der Waals surface area contributed by atoms with Crippen molar-refractivity contribution in [2.75, 3.05) is 12.4 Å². The summed E-state index contributed by atoms with van der Waals surface area (Å²) in [5.41, 5.74) is 5.10. The second-order valence-corrected chi connectivity index (χ2v) is 14.5. The number of aromatic hydroxyl groups is 1. The van der Waals surface area contributed by atoms with Crippen LogP contribution in [0.5, 0.6) is 11.5 Å². The molecule has 0 saturated carbocycles. The van der Waals surface area contributed by atoms with Crippen LogP contribution in [0.1, 0.15) is 27.0 Å². The molecule has 0 radical (unpaired) electrons. The van der Waals surface area contributed by atoms with E-state index in [1.165, 1.54) is 19.2 Å². The number of hydrogen-bond donors (Lipinski definition) is 4. The normalized spacial score (nSPS) is 12.0. The van der Waals surface area contributed by atoms with Gasteiger partial charge in [-0.05, 0) is 122 Å². The topological polar surface area (TPSA) is 226 Å². The van der Waals surface area contributed by atoms with E-state index in [2.05, 4.69) is 45.4 Å². The zero-order valence-electron chi connectivity index (χ0n) is 30.6. The Morgan fingerprint density at radius 2 is 1.37 bits per heavy atom. The van der Waals surface area contributed by atoms with Crippen molar-refractivity contribution in [1.29, 1.82) is 0 Å². The van der Waals surface area contributed by atoms with Crippen molar-refractivity contribution in [1.82, 2.24) is 0 Å². The fraction of sp³-hybridized carbons (Fsp3) is 0.103. The minimum absolute atomic E-state index is 0.0488. The molecule has 6 rings (SSSR count). The van der Waals surface area contributed by atoms with Gasteiger partial charge in [0.2, 0.25) is 0 Å². The van der Waals surface area contributed by atoms with Crippen molar-refractivity contribution in [3.8, 4) is 11.5 Å². The third-order valence-corrected chi connectivity index (χ3v) is 9.94. The van der Waals surface area contributed by atoms with E-state index in [4.69, 9.17) is 9.99 Å². The van der Waals surface area contributed by atoms with Crippen LogP contribution in [0.2, 0.25) is 0 Å². The van der Waals surface area contributed by atoms with E-state index in [-0.39, 0.29) is 33.7 Å². The van der Waals surface area contributed by atoms with Crippen molar-refractivity contribution in [3.63, 3.8) is 0 Å². The van der Waals surface area contributed by atoms with Gasteiger partial charge in [0.15, 0.2) is 5.75 Å². The van der Waals surface area contributed by atoms with Gasteiger partial charge in [0.25, 0.3) is 16.0 Å². The number of carbonyl (C=O) groups excluding carboxylic acids is 1. The summed E-state index contributed by atoms with van der Waals surface area (Å²) in [5, 5.41) is 53.5. The van der Waals surface area contributed by atoms with Gasteiger partial charge in [0.05, 0.1) is 46.8 Å². The molecule has 16 nitrogen and oxygen atoms in total. The number of amides is 1. The van der Waals surface area contributed by atoms with E-state index in [9.17, 15) is 22.9 Å². The molecule has 0 saturated heterocycles. The van der Waals surface area contributed by atoms with Crippen molar-refractivity contribution in [2.24, 2.45) is 30.7 Å². The van der Waals surface area contributed by atoms with Crippen LogP contribution in [0.4, 0.5) is 39.8 Å². The molecular formula is C39H33N7O9S2. The van der Waals surface area contributed by atoms with Crippen molar-refractivity contribution < 1.29 is 42.2 Å². The van der Waals surface area contributed by atoms with Crippen LogP contribution >= 0.6 is 12.0 Å². The molecule has 0 spiro atoms. The number of ether oxygens (including phenoxy) is 1. The highest BCUT2D eigenvalue weighted by Crippen LogP contribution is 2.45. The van der Waals surface area contributed by atoms with E-state index in [1.807, 2.05) is 19.9 Å². The molecule has 290 valence electrons. The molecule has 0 heterocycles. The second-order valence-electron chi connectivity index (χ2n) is 12.4. The zero-order chi connectivity index (χ0) is 40.7. The third-order valence-electron chi connectivity index (χ3n) is 8.44. The fourth-order valence-corrected chi connectivity index (χ4v) is 6.62. The molecule has 0 fully saturated rings. The van der Waals surface area contributed by atoms with Gasteiger partial charge in [-0.15, -0.1) is 14.6 Å². The van der Waals surface area contributed by atoms with Crippen LogP contribution in [0.3, 0.4) is 0 Å². The summed E-state index contributed by atoms with van der Waals surface area (Å²) in [6.07, 6.45) is 0. The second kappa shape index (κ2) is 17.6. The number of benzene rings is 6. The number of methoxy groups -OCH3 is 1. The average molecular weight is 808 g/mol. The number of nitrogens with one attached hydrogen (secondary N) is 1. The summed E-state index contributed by atoms with van der Waals surface area (Å²) < 4.78 is 43.1. The molecule has 57 heavy (non-hydrogen) atoms. The number of carbonyl (C=O) groups is 1. The Kier molecular flexibility index (Phi) is 12.4. The van der Waals surface area contributed by atoms with Crippen LogP contribution in [-0.2, 0) is 19.5 Å². The van der Waals surface area contributed by atoms with Gasteiger partial charge in [-0.3, -0.25) is 9.35 Å². The standard InChI is InChI=1S/C39H33N7O9S2/c1-22-16-28(11-14-31(22)42-43-32-15-12-29(53-4)21-36(32)57(50,51)52)41-44-33-17-24(3)34(18-23(33)2)45-46-37-35(56-55-54-49)20-26-19-27(10-13-30(26)38(37)47)40-39(48)25-8-6-5-7-9-25/h5-21,47,49H,1-4H3,(H,40,48)(H,50,51,52). The minimum atomic E-state index is -4.58. The van der Waals surface area contributed by atoms with E-state index < -0.39 is 15.0 Å². The Balaban J connectivity index is 1.21. The summed E-state index contributed by atoms with van der Waals surface area (Å²) in [5.74, 6) is -0.282. The highest BCUT2D eigenvalue weighted by atomic mass is 32.2. The van der Waals surface area contributed by atoms with E-state index in [1.54, 1.807) is 85.8 Å². The molecule has 0 bridgehead atoms. The number of azo groups is 3. The number of fused-ring (bicyclic) bond motifs is 1. The molecule has 0 unspecified atom stereocenters. The van der Waals surface area contributed by atoms with E-state index in [0.29, 0.717) is 67.9 Å². The SMILES string of the molecule is COc1ccc(N=Nc2ccc(N=Nc3cc(C)c(N=Nc4c(SOOO)cc5cc(NC(=O)c6ccccc6)ccc5c4O)cc3C)cc2C)c(S(=O)(=O)O)c1. The number of phenolic OH excluding ortho intramolecular Hbond substituents is 1. The molecule has 4 N–H and O–H groups in total. The Morgan fingerprint density at radius 1 is 0.719 bits per heavy atom. The predicted octanol–water partition coefficient (Wildman–Crippen LogP) is 11.7. The van der Waals surface area contributed by atoms with Gasteiger partial charge in [0, 0.05) is 22.7 Å². The lowest BCUT2D eigenvalue weighted by molar-refractivity contribution is -0.432. The molecule has 0 atom stereocenters. The van der Waals surface area contributed by atoms with Crippen molar-refractivity contribution in [3.05, 3.63) is 125 Å². The van der Waals surface area contributed by atoms with Gasteiger partial charge in [0.1, 0.15) is 22.0 Å². The number of nitrogens with zero attached hydrogens (tertiary/aromatic N) is 6. The molecule has 6 aromatic rings. The van der Waals surface area contributed by atoms with E-state index in [0.717, 1.165) is 11.6 Å². The van der Waals surface area contributed by atoms with Gasteiger partial charge in [-0.25, -0.2) is 5.26 Å². The Morgan fingerprint density at radius 3 is 2.04 bits per heavy atom. The first-order valence-electron chi connectivity index (χ1n) is 16.8. The molecule has 1 amide bonds. The molecule has 0 aliphatic heterocycles. The Bertz CT molecular complexity index is 2690. The molecule has 0 aromatic heterocycles. The van der Waals surface area contributed by atoms with Crippen molar-refractivity contribution >= 4 is 78.7 Å². The minimum Gasteiger partial charge on any atom is -0.505 e. The Hall–Kier alpha value is -6.41. The zero-order valence-corrected chi connectivity index (χ0v) is 32.2. The first-order chi connectivity index (χ1) is 27.3. The van der Waals surface area contributed by atoms with E-state index >= 15 is 0 Å². The van der Waals surface area contributed by atoms with Crippen LogP contribution in [0.25, 0.3) is 10.8 Å². The highest BCUT2D eigenvalue weighted by molar-refractivity contribution is 7.94.